The zero-order valence-electron chi connectivity index (χ0n) is 15.4. The van der Waals surface area contributed by atoms with Gasteiger partial charge in [-0.05, 0) is 12.2 Å². The Balaban J connectivity index is 1.66. The van der Waals surface area contributed by atoms with Crippen molar-refractivity contribution in [2.24, 2.45) is 9.50 Å². The zero-order chi connectivity index (χ0) is 20.3. The lowest BCUT2D eigenvalue weighted by molar-refractivity contribution is -0.117. The Morgan fingerprint density at radius 2 is 1.62 bits per heavy atom. The molecule has 0 fully saturated rings. The highest BCUT2D eigenvalue weighted by Crippen LogP contribution is 2.18. The van der Waals surface area contributed by atoms with E-state index in [1.165, 1.54) is 6.08 Å². The number of nitrogens with zero attached hydrogens (tertiary/aromatic N) is 3. The van der Waals surface area contributed by atoms with Gasteiger partial charge in [0.2, 0.25) is 0 Å². The van der Waals surface area contributed by atoms with Gasteiger partial charge in [-0.3, -0.25) is 4.79 Å². The van der Waals surface area contributed by atoms with E-state index in [1.54, 1.807) is 17.2 Å². The lowest BCUT2D eigenvalue weighted by Crippen LogP contribution is -2.41. The highest BCUT2D eigenvalue weighted by Gasteiger charge is 2.30. The van der Waals surface area contributed by atoms with E-state index in [1.807, 2.05) is 60.7 Å². The molecular weight excluding hydrogens is 388 g/mol. The Morgan fingerprint density at radius 1 is 1.00 bits per heavy atom. The van der Waals surface area contributed by atoms with Crippen molar-refractivity contribution in [3.63, 3.8) is 0 Å². The van der Waals surface area contributed by atoms with Crippen LogP contribution in [0.25, 0.3) is 0 Å². The first kappa shape index (κ1) is 18.8. The van der Waals surface area contributed by atoms with E-state index < -0.39 is 15.9 Å². The third-order valence-electron chi connectivity index (χ3n) is 4.47. The van der Waals surface area contributed by atoms with Crippen LogP contribution in [0.5, 0.6) is 0 Å². The number of carbonyl (C=O) groups is 1. The Kier molecular flexibility index (Phi) is 5.09. The molecule has 146 valence electrons. The van der Waals surface area contributed by atoms with E-state index in [4.69, 9.17) is 0 Å². The van der Waals surface area contributed by atoms with Crippen LogP contribution in [0.15, 0.2) is 94.1 Å². The van der Waals surface area contributed by atoms with Crippen molar-refractivity contribution in [1.29, 1.82) is 0 Å². The van der Waals surface area contributed by atoms with Gasteiger partial charge in [0.05, 0.1) is 17.0 Å². The van der Waals surface area contributed by atoms with E-state index >= 15 is 0 Å². The molecule has 4 rings (SSSR count). The summed E-state index contributed by atoms with van der Waals surface area (Å²) in [4.78, 5) is 14.5. The van der Waals surface area contributed by atoms with Gasteiger partial charge in [-0.1, -0.05) is 60.7 Å². The third kappa shape index (κ3) is 4.17. The number of hydrogen-bond acceptors (Lipinski definition) is 5. The molecule has 0 saturated carbocycles. The van der Waals surface area contributed by atoms with Crippen LogP contribution in [-0.4, -0.2) is 43.1 Å². The van der Waals surface area contributed by atoms with Crippen molar-refractivity contribution < 1.29 is 13.2 Å². The zero-order valence-corrected chi connectivity index (χ0v) is 16.2. The monoisotopic (exact) mass is 406 g/mol. The Labute approximate surface area is 168 Å². The van der Waals surface area contributed by atoms with Crippen LogP contribution in [0.4, 0.5) is 0 Å². The minimum Gasteiger partial charge on any atom is -0.331 e. The van der Waals surface area contributed by atoms with Crippen molar-refractivity contribution in [2.75, 3.05) is 12.3 Å². The molecule has 1 N–H and O–H groups in total. The summed E-state index contributed by atoms with van der Waals surface area (Å²) in [7, 11) is -3.58. The molecule has 2 aliphatic heterocycles. The molecule has 29 heavy (non-hydrogen) atoms. The molecule has 7 nitrogen and oxygen atoms in total. The quantitative estimate of drug-likeness (QED) is 0.621. The van der Waals surface area contributed by atoms with Crippen LogP contribution >= 0.6 is 0 Å². The average molecular weight is 406 g/mol. The van der Waals surface area contributed by atoms with Gasteiger partial charge in [0.15, 0.2) is 5.84 Å². The summed E-state index contributed by atoms with van der Waals surface area (Å²) < 4.78 is 27.5. The molecule has 0 aromatic heterocycles. The van der Waals surface area contributed by atoms with Crippen LogP contribution in [0.3, 0.4) is 0 Å². The summed E-state index contributed by atoms with van der Waals surface area (Å²) in [6.07, 6.45) is 4.92. The van der Waals surface area contributed by atoms with Crippen molar-refractivity contribution in [1.82, 2.24) is 10.3 Å². The molecule has 2 aromatic rings. The van der Waals surface area contributed by atoms with Crippen molar-refractivity contribution in [3.8, 4) is 0 Å². The molecule has 8 heteroatoms. The minimum absolute atomic E-state index is 0.0833. The van der Waals surface area contributed by atoms with Crippen molar-refractivity contribution in [2.45, 2.75) is 0 Å². The van der Waals surface area contributed by atoms with Crippen molar-refractivity contribution in [3.05, 3.63) is 95.7 Å². The third-order valence-corrected chi connectivity index (χ3v) is 5.62. The van der Waals surface area contributed by atoms with Crippen molar-refractivity contribution >= 4 is 27.5 Å². The number of allylic oxidation sites excluding steroid dienone is 2. The first-order valence-electron chi connectivity index (χ1n) is 9.00. The fourth-order valence-electron chi connectivity index (χ4n) is 3.05. The standard InChI is InChI=1S/C21H18N4O3S/c26-21(18-12-7-13-25-14-15-29(27,28)24-20(18)25)23-22-19(16-8-3-1-4-9-16)17-10-5-2-6-11-17/h1-13H,14-15H2,(H,23,26). The number of hydrazone groups is 1. The topological polar surface area (TPSA) is 91.2 Å². The Morgan fingerprint density at radius 3 is 2.24 bits per heavy atom. The first-order chi connectivity index (χ1) is 14.0. The number of hydrogen-bond donors (Lipinski definition) is 1. The molecule has 0 radical (unpaired) electrons. The number of amidine groups is 1. The van der Waals surface area contributed by atoms with Gasteiger partial charge in [0.25, 0.3) is 15.9 Å². The molecule has 1 amide bonds. The van der Waals surface area contributed by atoms with E-state index in [0.29, 0.717) is 5.71 Å². The predicted molar refractivity (Wildman–Crippen MR) is 112 cm³/mol. The predicted octanol–water partition coefficient (Wildman–Crippen LogP) is 2.05. The number of benzene rings is 2. The molecule has 2 heterocycles. The molecule has 0 spiro atoms. The van der Waals surface area contributed by atoms with Crippen LogP contribution < -0.4 is 5.43 Å². The van der Waals surface area contributed by atoms with Gasteiger partial charge >= 0.3 is 0 Å². The smallest absolute Gasteiger partial charge is 0.275 e. The highest BCUT2D eigenvalue weighted by atomic mass is 32.2. The second-order valence-corrected chi connectivity index (χ2v) is 8.20. The fourth-order valence-corrected chi connectivity index (χ4v) is 4.03. The Hall–Kier alpha value is -3.52. The number of nitrogens with one attached hydrogen (secondary N) is 1. The van der Waals surface area contributed by atoms with Crippen LogP contribution in [0, 0.1) is 0 Å². The second kappa shape index (κ2) is 7.84. The molecule has 0 saturated heterocycles. The molecule has 0 aliphatic carbocycles. The fraction of sp³-hybridized carbons (Fsp3) is 0.0952. The molecular formula is C21H18N4O3S. The van der Waals surface area contributed by atoms with E-state index in [0.717, 1.165) is 11.1 Å². The summed E-state index contributed by atoms with van der Waals surface area (Å²) in [6.45, 7) is 0.255. The van der Waals surface area contributed by atoms with Gasteiger partial charge in [-0.25, -0.2) is 13.8 Å². The number of amides is 1. The summed E-state index contributed by atoms with van der Waals surface area (Å²) in [5.41, 5.74) is 4.99. The summed E-state index contributed by atoms with van der Waals surface area (Å²) in [5.74, 6) is -0.493. The van der Waals surface area contributed by atoms with Gasteiger partial charge in [0.1, 0.15) is 0 Å². The van der Waals surface area contributed by atoms with Gasteiger partial charge in [-0.2, -0.15) is 5.10 Å². The Bertz CT molecular complexity index is 1110. The number of fused-ring (bicyclic) bond motifs is 1. The largest absolute Gasteiger partial charge is 0.331 e. The second-order valence-electron chi connectivity index (χ2n) is 6.45. The number of sulfonamides is 1. The van der Waals surface area contributed by atoms with Crippen LogP contribution in [0.2, 0.25) is 0 Å². The normalized spacial score (nSPS) is 16.9. The van der Waals surface area contributed by atoms with Gasteiger partial charge < -0.3 is 4.90 Å². The SMILES string of the molecule is O=C(NN=C(c1ccccc1)c1ccccc1)C1=CC=CN2CCS(=O)(=O)N=C12. The maximum atomic E-state index is 12.8. The van der Waals surface area contributed by atoms with Gasteiger partial charge in [0, 0.05) is 23.9 Å². The van der Waals surface area contributed by atoms with Crippen LogP contribution in [-0.2, 0) is 14.8 Å². The molecule has 2 aromatic carbocycles. The number of carbonyl (C=O) groups excluding carboxylic acids is 1. The molecule has 0 atom stereocenters. The lowest BCUT2D eigenvalue weighted by Gasteiger charge is -2.28. The maximum Gasteiger partial charge on any atom is 0.275 e. The maximum absolute atomic E-state index is 12.8. The van der Waals surface area contributed by atoms with E-state index in [9.17, 15) is 13.2 Å². The summed E-state index contributed by atoms with van der Waals surface area (Å²) in [6, 6.07) is 19.0. The molecule has 0 bridgehead atoms. The molecule has 0 unspecified atom stereocenters. The van der Waals surface area contributed by atoms with E-state index in [2.05, 4.69) is 14.9 Å². The van der Waals surface area contributed by atoms with E-state index in [-0.39, 0.29) is 23.7 Å². The summed E-state index contributed by atoms with van der Waals surface area (Å²) in [5, 5.41) is 4.34. The minimum atomic E-state index is -3.58. The highest BCUT2D eigenvalue weighted by molar-refractivity contribution is 7.90. The summed E-state index contributed by atoms with van der Waals surface area (Å²) >= 11 is 0. The van der Waals surface area contributed by atoms with Crippen LogP contribution in [0.1, 0.15) is 11.1 Å². The average Bonchev–Trinajstić information content (AvgIpc) is 2.74. The number of rotatable bonds is 4. The lowest BCUT2D eigenvalue weighted by atomic mass is 10.0. The van der Waals surface area contributed by atoms with Gasteiger partial charge in [-0.15, -0.1) is 4.40 Å². The first-order valence-corrected chi connectivity index (χ1v) is 10.6. The molecule has 2 aliphatic rings.